The molecule has 0 heterocycles. The number of ether oxygens (including phenoxy) is 1. The number of allylic oxidation sites excluding steroid dienone is 2. The third-order valence-electron chi connectivity index (χ3n) is 4.26. The molecule has 0 saturated heterocycles. The summed E-state index contributed by atoms with van der Waals surface area (Å²) >= 11 is 0. The molecule has 2 aliphatic rings. The largest absolute Gasteiger partial charge is 0.431 e. The van der Waals surface area contributed by atoms with Crippen LogP contribution in [0.25, 0.3) is 0 Å². The normalized spacial score (nSPS) is 26.4. The molecule has 1 fully saturated rings. The summed E-state index contributed by atoms with van der Waals surface area (Å²) < 4.78 is 5.30. The molecular formula is C15H24O2. The van der Waals surface area contributed by atoms with Gasteiger partial charge < -0.3 is 4.74 Å². The lowest BCUT2D eigenvalue weighted by Crippen LogP contribution is -2.20. The molecule has 2 nitrogen and oxygen atoms in total. The molecule has 96 valence electrons. The van der Waals surface area contributed by atoms with Crippen LogP contribution in [0.1, 0.15) is 64.7 Å². The summed E-state index contributed by atoms with van der Waals surface area (Å²) in [6.45, 7) is 1.84. The maximum absolute atomic E-state index is 11.2. The number of rotatable bonds is 3. The summed E-state index contributed by atoms with van der Waals surface area (Å²) in [4.78, 5) is 11.2. The molecule has 2 heteroatoms. The Morgan fingerprint density at radius 2 is 2.00 bits per heavy atom. The van der Waals surface area contributed by atoms with E-state index < -0.39 is 0 Å². The van der Waals surface area contributed by atoms with Crippen molar-refractivity contribution in [1.82, 2.24) is 0 Å². The third kappa shape index (κ3) is 3.58. The van der Waals surface area contributed by atoms with E-state index >= 15 is 0 Å². The van der Waals surface area contributed by atoms with Crippen molar-refractivity contribution in [2.45, 2.75) is 64.7 Å². The van der Waals surface area contributed by atoms with E-state index in [1.165, 1.54) is 38.5 Å². The summed E-state index contributed by atoms with van der Waals surface area (Å²) in [7, 11) is 0. The van der Waals surface area contributed by atoms with E-state index in [0.29, 0.717) is 6.42 Å². The highest BCUT2D eigenvalue weighted by Gasteiger charge is 2.25. The Balaban J connectivity index is 1.81. The van der Waals surface area contributed by atoms with Crippen LogP contribution >= 0.6 is 0 Å². The van der Waals surface area contributed by atoms with Gasteiger partial charge in [-0.05, 0) is 30.8 Å². The molecule has 2 aliphatic carbocycles. The number of hydrogen-bond donors (Lipinski definition) is 0. The minimum absolute atomic E-state index is 0.0904. The Morgan fingerprint density at radius 3 is 2.59 bits per heavy atom. The van der Waals surface area contributed by atoms with Crippen LogP contribution in [0.2, 0.25) is 0 Å². The third-order valence-corrected chi connectivity index (χ3v) is 4.26. The van der Waals surface area contributed by atoms with Crippen LogP contribution in [0, 0.1) is 11.8 Å². The van der Waals surface area contributed by atoms with Gasteiger partial charge in [0, 0.05) is 12.8 Å². The molecule has 0 bridgehead atoms. The fourth-order valence-corrected chi connectivity index (χ4v) is 3.18. The van der Waals surface area contributed by atoms with Gasteiger partial charge in [-0.1, -0.05) is 39.0 Å². The predicted octanol–water partition coefficient (Wildman–Crippen LogP) is 4.20. The van der Waals surface area contributed by atoms with E-state index in [9.17, 15) is 4.79 Å². The average Bonchev–Trinajstić information content (AvgIpc) is 2.40. The van der Waals surface area contributed by atoms with Crippen molar-refractivity contribution < 1.29 is 9.53 Å². The molecule has 0 aromatic heterocycles. The zero-order valence-corrected chi connectivity index (χ0v) is 10.9. The lowest BCUT2D eigenvalue weighted by molar-refractivity contribution is -0.139. The number of carbonyl (C=O) groups is 1. The molecule has 2 rings (SSSR count). The smallest absolute Gasteiger partial charge is 0.310 e. The number of hydrogen-bond acceptors (Lipinski definition) is 2. The maximum Gasteiger partial charge on any atom is 0.310 e. The Morgan fingerprint density at radius 1 is 1.24 bits per heavy atom. The van der Waals surface area contributed by atoms with Crippen molar-refractivity contribution in [3.05, 3.63) is 11.8 Å². The van der Waals surface area contributed by atoms with Crippen molar-refractivity contribution in [2.24, 2.45) is 11.8 Å². The first-order valence-corrected chi connectivity index (χ1v) is 7.19. The molecule has 1 atom stereocenters. The number of esters is 1. The lowest BCUT2D eigenvalue weighted by atomic mass is 9.75. The van der Waals surface area contributed by atoms with Gasteiger partial charge in [0.1, 0.15) is 5.76 Å². The molecule has 0 aromatic carbocycles. The Bertz CT molecular complexity index is 287. The fourth-order valence-electron chi connectivity index (χ4n) is 3.18. The van der Waals surface area contributed by atoms with Crippen LogP contribution in [-0.2, 0) is 9.53 Å². The van der Waals surface area contributed by atoms with Gasteiger partial charge in [0.25, 0.3) is 0 Å². The second-order valence-corrected chi connectivity index (χ2v) is 5.43. The van der Waals surface area contributed by atoms with E-state index in [4.69, 9.17) is 4.74 Å². The minimum atomic E-state index is -0.0904. The zero-order chi connectivity index (χ0) is 12.1. The molecule has 0 N–H and O–H groups in total. The quantitative estimate of drug-likeness (QED) is 0.686. The first-order valence-electron chi connectivity index (χ1n) is 7.19. The Hall–Kier alpha value is -0.790. The summed E-state index contributed by atoms with van der Waals surface area (Å²) in [6, 6.07) is 0. The number of carbonyl (C=O) groups excluding carboxylic acids is 1. The molecule has 0 spiro atoms. The predicted molar refractivity (Wildman–Crippen MR) is 68.4 cm³/mol. The molecule has 17 heavy (non-hydrogen) atoms. The van der Waals surface area contributed by atoms with Crippen LogP contribution in [-0.4, -0.2) is 5.97 Å². The minimum Gasteiger partial charge on any atom is -0.431 e. The van der Waals surface area contributed by atoms with E-state index in [1.54, 1.807) is 0 Å². The summed E-state index contributed by atoms with van der Waals surface area (Å²) in [5.41, 5.74) is 0. The monoisotopic (exact) mass is 236 g/mol. The van der Waals surface area contributed by atoms with Gasteiger partial charge in [-0.25, -0.2) is 0 Å². The molecular weight excluding hydrogens is 212 g/mol. The Labute approximate surface area is 104 Å². The van der Waals surface area contributed by atoms with Crippen LogP contribution in [0.15, 0.2) is 11.8 Å². The van der Waals surface area contributed by atoms with Gasteiger partial charge in [0.2, 0.25) is 0 Å². The van der Waals surface area contributed by atoms with Gasteiger partial charge in [-0.3, -0.25) is 4.79 Å². The van der Waals surface area contributed by atoms with Gasteiger partial charge >= 0.3 is 5.97 Å². The van der Waals surface area contributed by atoms with Crippen molar-refractivity contribution in [3.63, 3.8) is 0 Å². The van der Waals surface area contributed by atoms with Crippen molar-refractivity contribution in [2.75, 3.05) is 0 Å². The summed E-state index contributed by atoms with van der Waals surface area (Å²) in [5.74, 6) is 2.61. The van der Waals surface area contributed by atoms with E-state index in [2.05, 4.69) is 6.08 Å². The molecule has 0 aliphatic heterocycles. The second kappa shape index (κ2) is 6.23. The standard InChI is InChI=1S/C15H24O2/c1-2-15(16)17-14-10-8-13(9-11-14)12-6-4-3-5-7-12/h10,12-13H,2-9,11H2,1H3. The van der Waals surface area contributed by atoms with Gasteiger partial charge in [0.15, 0.2) is 0 Å². The first kappa shape index (κ1) is 12.7. The van der Waals surface area contributed by atoms with Crippen LogP contribution in [0.4, 0.5) is 0 Å². The molecule has 0 amide bonds. The molecule has 0 radical (unpaired) electrons. The first-order chi connectivity index (χ1) is 8.29. The summed E-state index contributed by atoms with van der Waals surface area (Å²) in [6.07, 6.45) is 13.0. The van der Waals surface area contributed by atoms with Crippen LogP contribution in [0.3, 0.4) is 0 Å². The van der Waals surface area contributed by atoms with E-state index in [1.807, 2.05) is 6.92 Å². The van der Waals surface area contributed by atoms with E-state index in [0.717, 1.165) is 30.4 Å². The second-order valence-electron chi connectivity index (χ2n) is 5.43. The summed E-state index contributed by atoms with van der Waals surface area (Å²) in [5, 5.41) is 0. The highest BCUT2D eigenvalue weighted by Crippen LogP contribution is 2.37. The molecule has 1 unspecified atom stereocenters. The highest BCUT2D eigenvalue weighted by molar-refractivity contribution is 5.70. The molecule has 1 saturated carbocycles. The topological polar surface area (TPSA) is 26.3 Å². The van der Waals surface area contributed by atoms with Gasteiger partial charge in [-0.2, -0.15) is 0 Å². The van der Waals surface area contributed by atoms with Crippen molar-refractivity contribution in [3.8, 4) is 0 Å². The highest BCUT2D eigenvalue weighted by atomic mass is 16.5. The van der Waals surface area contributed by atoms with Crippen LogP contribution in [0.5, 0.6) is 0 Å². The van der Waals surface area contributed by atoms with E-state index in [-0.39, 0.29) is 5.97 Å². The Kier molecular flexibility index (Phi) is 4.64. The lowest BCUT2D eigenvalue weighted by Gasteiger charge is -2.32. The van der Waals surface area contributed by atoms with Gasteiger partial charge in [-0.15, -0.1) is 0 Å². The zero-order valence-electron chi connectivity index (χ0n) is 10.9. The van der Waals surface area contributed by atoms with Crippen molar-refractivity contribution >= 4 is 5.97 Å². The maximum atomic E-state index is 11.2. The average molecular weight is 236 g/mol. The van der Waals surface area contributed by atoms with Gasteiger partial charge in [0.05, 0.1) is 0 Å². The SMILES string of the molecule is CCC(=O)OC1=CCC(C2CCCCC2)CC1. The fraction of sp³-hybridized carbons (Fsp3) is 0.800. The van der Waals surface area contributed by atoms with Crippen LogP contribution < -0.4 is 0 Å². The molecule has 0 aromatic rings. The van der Waals surface area contributed by atoms with Crippen molar-refractivity contribution in [1.29, 1.82) is 0 Å².